The molecule has 0 aromatic heterocycles. The SMILES string of the molecule is CC1COC2=C(C=C(F)C(C)C2)C1. The van der Waals surface area contributed by atoms with Gasteiger partial charge in [0.1, 0.15) is 5.83 Å². The zero-order valence-electron chi connectivity index (χ0n) is 8.14. The Morgan fingerprint density at radius 1 is 1.38 bits per heavy atom. The summed E-state index contributed by atoms with van der Waals surface area (Å²) in [6, 6.07) is 0. The highest BCUT2D eigenvalue weighted by atomic mass is 19.1. The van der Waals surface area contributed by atoms with Crippen LogP contribution in [-0.2, 0) is 4.74 Å². The summed E-state index contributed by atoms with van der Waals surface area (Å²) in [5, 5.41) is 0. The van der Waals surface area contributed by atoms with Crippen LogP contribution in [0.15, 0.2) is 23.2 Å². The smallest absolute Gasteiger partial charge is 0.104 e. The molecule has 0 aromatic carbocycles. The van der Waals surface area contributed by atoms with Crippen molar-refractivity contribution in [1.29, 1.82) is 0 Å². The van der Waals surface area contributed by atoms with Gasteiger partial charge in [-0.2, -0.15) is 0 Å². The largest absolute Gasteiger partial charge is 0.497 e. The summed E-state index contributed by atoms with van der Waals surface area (Å²) in [6.07, 6.45) is 3.37. The molecule has 13 heavy (non-hydrogen) atoms. The maximum Gasteiger partial charge on any atom is 0.104 e. The van der Waals surface area contributed by atoms with Crippen molar-refractivity contribution in [2.75, 3.05) is 6.61 Å². The highest BCUT2D eigenvalue weighted by Crippen LogP contribution is 2.36. The number of halogens is 1. The molecule has 0 saturated heterocycles. The molecule has 2 heteroatoms. The summed E-state index contributed by atoms with van der Waals surface area (Å²) in [7, 11) is 0. The van der Waals surface area contributed by atoms with Crippen LogP contribution in [0, 0.1) is 11.8 Å². The molecule has 2 atom stereocenters. The topological polar surface area (TPSA) is 9.23 Å². The minimum atomic E-state index is 0.00663. The lowest BCUT2D eigenvalue weighted by Gasteiger charge is -2.28. The van der Waals surface area contributed by atoms with Crippen LogP contribution in [0.4, 0.5) is 4.39 Å². The molecule has 1 aliphatic carbocycles. The van der Waals surface area contributed by atoms with E-state index in [0.29, 0.717) is 5.92 Å². The number of hydrogen-bond donors (Lipinski definition) is 0. The van der Waals surface area contributed by atoms with E-state index in [9.17, 15) is 4.39 Å². The third-order valence-corrected chi connectivity index (χ3v) is 2.74. The van der Waals surface area contributed by atoms with Crippen molar-refractivity contribution >= 4 is 0 Å². The Morgan fingerprint density at radius 2 is 2.15 bits per heavy atom. The summed E-state index contributed by atoms with van der Waals surface area (Å²) in [5.41, 5.74) is 1.08. The van der Waals surface area contributed by atoms with Crippen molar-refractivity contribution < 1.29 is 9.13 Å². The van der Waals surface area contributed by atoms with Crippen molar-refractivity contribution in [2.45, 2.75) is 26.7 Å². The van der Waals surface area contributed by atoms with Crippen molar-refractivity contribution in [1.82, 2.24) is 0 Å². The number of rotatable bonds is 0. The minimum absolute atomic E-state index is 0.00663. The lowest BCUT2D eigenvalue weighted by atomic mass is 9.89. The van der Waals surface area contributed by atoms with Crippen LogP contribution in [0.25, 0.3) is 0 Å². The van der Waals surface area contributed by atoms with Crippen molar-refractivity contribution in [2.24, 2.45) is 11.8 Å². The second-order valence-corrected chi connectivity index (χ2v) is 4.20. The van der Waals surface area contributed by atoms with Gasteiger partial charge in [-0.05, 0) is 24.0 Å². The molecule has 0 saturated carbocycles. The van der Waals surface area contributed by atoms with Crippen molar-refractivity contribution in [3.05, 3.63) is 23.2 Å². The summed E-state index contributed by atoms with van der Waals surface area (Å²) >= 11 is 0. The molecule has 0 radical (unpaired) electrons. The second kappa shape index (κ2) is 3.17. The van der Waals surface area contributed by atoms with E-state index in [-0.39, 0.29) is 11.7 Å². The molecule has 2 unspecified atom stereocenters. The van der Waals surface area contributed by atoms with Gasteiger partial charge in [-0.3, -0.25) is 0 Å². The zero-order valence-corrected chi connectivity index (χ0v) is 8.14. The number of ether oxygens (including phenoxy) is 1. The van der Waals surface area contributed by atoms with Gasteiger partial charge in [0.05, 0.1) is 12.4 Å². The Morgan fingerprint density at radius 3 is 2.92 bits per heavy atom. The number of allylic oxidation sites excluding steroid dienone is 4. The first-order valence-electron chi connectivity index (χ1n) is 4.88. The third kappa shape index (κ3) is 1.62. The zero-order chi connectivity index (χ0) is 9.42. The van der Waals surface area contributed by atoms with E-state index in [4.69, 9.17) is 4.74 Å². The predicted octanol–water partition coefficient (Wildman–Crippen LogP) is 3.19. The molecular weight excluding hydrogens is 167 g/mol. The first-order valence-corrected chi connectivity index (χ1v) is 4.88. The monoisotopic (exact) mass is 182 g/mol. The molecule has 0 amide bonds. The average molecular weight is 182 g/mol. The molecule has 1 aliphatic heterocycles. The lowest BCUT2D eigenvalue weighted by Crippen LogP contribution is -2.19. The van der Waals surface area contributed by atoms with E-state index in [1.54, 1.807) is 6.08 Å². The minimum Gasteiger partial charge on any atom is -0.497 e. The van der Waals surface area contributed by atoms with Gasteiger partial charge < -0.3 is 4.74 Å². The first kappa shape index (κ1) is 8.79. The predicted molar refractivity (Wildman–Crippen MR) is 49.7 cm³/mol. The molecule has 0 aromatic rings. The van der Waals surface area contributed by atoms with Crippen LogP contribution in [0.2, 0.25) is 0 Å². The van der Waals surface area contributed by atoms with Gasteiger partial charge in [0.15, 0.2) is 0 Å². The van der Waals surface area contributed by atoms with Gasteiger partial charge in [-0.1, -0.05) is 13.8 Å². The van der Waals surface area contributed by atoms with E-state index in [0.717, 1.165) is 30.8 Å². The summed E-state index contributed by atoms with van der Waals surface area (Å²) in [6.45, 7) is 4.82. The van der Waals surface area contributed by atoms with Crippen LogP contribution in [0.5, 0.6) is 0 Å². The maximum atomic E-state index is 13.2. The molecule has 2 rings (SSSR count). The molecule has 2 aliphatic rings. The normalized spacial score (nSPS) is 33.6. The van der Waals surface area contributed by atoms with Gasteiger partial charge in [-0.25, -0.2) is 4.39 Å². The fraction of sp³-hybridized carbons (Fsp3) is 0.636. The Balaban J connectivity index is 2.24. The average Bonchev–Trinajstić information content (AvgIpc) is 2.08. The molecule has 0 bridgehead atoms. The molecule has 72 valence electrons. The first-order chi connectivity index (χ1) is 6.16. The van der Waals surface area contributed by atoms with Crippen LogP contribution >= 0.6 is 0 Å². The van der Waals surface area contributed by atoms with Gasteiger partial charge in [0.25, 0.3) is 0 Å². The van der Waals surface area contributed by atoms with Gasteiger partial charge in [0, 0.05) is 12.3 Å². The highest BCUT2D eigenvalue weighted by Gasteiger charge is 2.25. The van der Waals surface area contributed by atoms with E-state index >= 15 is 0 Å². The van der Waals surface area contributed by atoms with Gasteiger partial charge >= 0.3 is 0 Å². The second-order valence-electron chi connectivity index (χ2n) is 4.20. The summed E-state index contributed by atoms with van der Waals surface area (Å²) in [5.74, 6) is 1.56. The Bertz CT molecular complexity index is 278. The fourth-order valence-corrected chi connectivity index (χ4v) is 1.90. The Kier molecular flexibility index (Phi) is 2.14. The molecule has 0 fully saturated rings. The summed E-state index contributed by atoms with van der Waals surface area (Å²) in [4.78, 5) is 0. The van der Waals surface area contributed by atoms with Gasteiger partial charge in [0.2, 0.25) is 0 Å². The fourth-order valence-electron chi connectivity index (χ4n) is 1.90. The van der Waals surface area contributed by atoms with Crippen LogP contribution < -0.4 is 0 Å². The third-order valence-electron chi connectivity index (χ3n) is 2.74. The van der Waals surface area contributed by atoms with Crippen LogP contribution in [0.1, 0.15) is 26.7 Å². The number of hydrogen-bond acceptors (Lipinski definition) is 1. The van der Waals surface area contributed by atoms with E-state index < -0.39 is 0 Å². The molecular formula is C11H15FO. The quantitative estimate of drug-likeness (QED) is 0.559. The standard InChI is InChI=1S/C11H15FO/c1-7-3-9-5-10(12)8(2)4-11(9)13-6-7/h5,7-8H,3-4,6H2,1-2H3. The lowest BCUT2D eigenvalue weighted by molar-refractivity contribution is 0.133. The highest BCUT2D eigenvalue weighted by molar-refractivity contribution is 5.31. The van der Waals surface area contributed by atoms with Crippen LogP contribution in [-0.4, -0.2) is 6.61 Å². The van der Waals surface area contributed by atoms with E-state index in [1.807, 2.05) is 6.92 Å². The van der Waals surface area contributed by atoms with Gasteiger partial charge in [-0.15, -0.1) is 0 Å². The van der Waals surface area contributed by atoms with Crippen molar-refractivity contribution in [3.63, 3.8) is 0 Å². The molecule has 0 N–H and O–H groups in total. The molecule has 0 spiro atoms. The van der Waals surface area contributed by atoms with Crippen molar-refractivity contribution in [3.8, 4) is 0 Å². The van der Waals surface area contributed by atoms with Crippen LogP contribution in [0.3, 0.4) is 0 Å². The molecule has 1 heterocycles. The van der Waals surface area contributed by atoms with E-state index in [1.165, 1.54) is 0 Å². The Labute approximate surface area is 78.3 Å². The maximum absolute atomic E-state index is 13.2. The molecule has 1 nitrogen and oxygen atoms in total. The summed E-state index contributed by atoms with van der Waals surface area (Å²) < 4.78 is 18.8. The van der Waals surface area contributed by atoms with E-state index in [2.05, 4.69) is 6.92 Å². The Hall–Kier alpha value is -0.790.